The zero-order valence-corrected chi connectivity index (χ0v) is 13.3. The second-order valence-electron chi connectivity index (χ2n) is 5.92. The second-order valence-corrected chi connectivity index (χ2v) is 5.92. The molecule has 0 aromatic heterocycles. The summed E-state index contributed by atoms with van der Waals surface area (Å²) in [6.45, 7) is 0.759. The summed E-state index contributed by atoms with van der Waals surface area (Å²) in [4.78, 5) is 22.3. The highest BCUT2D eigenvalue weighted by Gasteiger charge is 2.50. The Hall–Kier alpha value is -2.25. The Bertz CT molecular complexity index is 656. The fourth-order valence-electron chi connectivity index (χ4n) is 3.36. The minimum Gasteiger partial charge on any atom is -0.461 e. The van der Waals surface area contributed by atoms with Gasteiger partial charge in [-0.25, -0.2) is 4.79 Å². The topological polar surface area (TPSA) is 87.9 Å². The van der Waals surface area contributed by atoms with Gasteiger partial charge in [0.1, 0.15) is 6.61 Å². The van der Waals surface area contributed by atoms with Crippen LogP contribution in [0.5, 0.6) is 0 Å². The van der Waals surface area contributed by atoms with Gasteiger partial charge in [-0.3, -0.25) is 10.1 Å². The largest absolute Gasteiger partial charge is 0.461 e. The number of rotatable bonds is 5. The third-order valence-corrected chi connectivity index (χ3v) is 4.62. The van der Waals surface area contributed by atoms with Crippen LogP contribution in [0.1, 0.15) is 23.2 Å². The fourth-order valence-corrected chi connectivity index (χ4v) is 3.36. The van der Waals surface area contributed by atoms with Crippen LogP contribution in [0.4, 0.5) is 5.69 Å². The molecule has 0 spiro atoms. The second kappa shape index (κ2) is 6.70. The van der Waals surface area contributed by atoms with Gasteiger partial charge in [0.2, 0.25) is 0 Å². The van der Waals surface area contributed by atoms with Crippen molar-refractivity contribution in [2.24, 2.45) is 11.8 Å². The molecular formula is C17H19NO6. The van der Waals surface area contributed by atoms with E-state index >= 15 is 0 Å². The van der Waals surface area contributed by atoms with Crippen molar-refractivity contribution in [3.05, 3.63) is 52.1 Å². The first-order valence-corrected chi connectivity index (χ1v) is 7.86. The number of nitro groups is 1. The van der Waals surface area contributed by atoms with Gasteiger partial charge >= 0.3 is 5.97 Å². The molecule has 24 heavy (non-hydrogen) atoms. The molecule has 0 saturated carbocycles. The van der Waals surface area contributed by atoms with Gasteiger partial charge in [-0.1, -0.05) is 12.2 Å². The van der Waals surface area contributed by atoms with E-state index in [9.17, 15) is 14.9 Å². The summed E-state index contributed by atoms with van der Waals surface area (Å²) in [5.74, 6) is -1.29. The Kier molecular flexibility index (Phi) is 4.64. The Morgan fingerprint density at radius 3 is 2.79 bits per heavy atom. The summed E-state index contributed by atoms with van der Waals surface area (Å²) >= 11 is 0. The average Bonchev–Trinajstić information content (AvgIpc) is 2.98. The van der Waals surface area contributed by atoms with Gasteiger partial charge in [0, 0.05) is 25.2 Å². The summed E-state index contributed by atoms with van der Waals surface area (Å²) in [6, 6.07) is 5.33. The summed E-state index contributed by atoms with van der Waals surface area (Å²) in [5, 5.41) is 10.6. The maximum Gasteiger partial charge on any atom is 0.338 e. The Labute approximate surface area is 139 Å². The van der Waals surface area contributed by atoms with Crippen LogP contribution in [-0.2, 0) is 14.2 Å². The van der Waals surface area contributed by atoms with E-state index in [4.69, 9.17) is 14.2 Å². The smallest absolute Gasteiger partial charge is 0.338 e. The molecule has 3 rings (SSSR count). The van der Waals surface area contributed by atoms with E-state index in [2.05, 4.69) is 6.08 Å². The number of esters is 1. The molecule has 1 aromatic carbocycles. The number of hydrogen-bond acceptors (Lipinski definition) is 6. The lowest BCUT2D eigenvalue weighted by molar-refractivity contribution is -0.384. The van der Waals surface area contributed by atoms with Crippen LogP contribution in [0.25, 0.3) is 0 Å². The number of non-ortho nitro benzene ring substituents is 1. The lowest BCUT2D eigenvalue weighted by atomic mass is 9.89. The van der Waals surface area contributed by atoms with Crippen molar-refractivity contribution in [1.29, 1.82) is 0 Å². The van der Waals surface area contributed by atoms with E-state index in [1.807, 2.05) is 6.08 Å². The molecule has 0 unspecified atom stereocenters. The normalized spacial score (nSPS) is 28.4. The zero-order valence-electron chi connectivity index (χ0n) is 13.3. The van der Waals surface area contributed by atoms with Crippen molar-refractivity contribution in [3.63, 3.8) is 0 Å². The van der Waals surface area contributed by atoms with E-state index in [-0.39, 0.29) is 29.7 Å². The maximum absolute atomic E-state index is 12.1. The van der Waals surface area contributed by atoms with Gasteiger partial charge in [-0.15, -0.1) is 0 Å². The molecule has 1 saturated heterocycles. The number of nitrogens with zero attached hydrogens (tertiary/aromatic N) is 1. The minimum absolute atomic E-state index is 0.0675. The Morgan fingerprint density at radius 2 is 2.12 bits per heavy atom. The van der Waals surface area contributed by atoms with Gasteiger partial charge in [-0.2, -0.15) is 0 Å². The number of methoxy groups -OCH3 is 1. The number of carbonyl (C=O) groups excluding carboxylic acids is 1. The van der Waals surface area contributed by atoms with Crippen molar-refractivity contribution in [1.82, 2.24) is 0 Å². The molecule has 0 amide bonds. The molecule has 0 N–H and O–H groups in total. The molecule has 1 aliphatic heterocycles. The molecule has 1 aromatic rings. The molecule has 7 nitrogen and oxygen atoms in total. The van der Waals surface area contributed by atoms with E-state index in [1.54, 1.807) is 7.11 Å². The molecule has 1 aliphatic carbocycles. The Balaban J connectivity index is 1.63. The van der Waals surface area contributed by atoms with Crippen LogP contribution < -0.4 is 0 Å². The van der Waals surface area contributed by atoms with Crippen molar-refractivity contribution >= 4 is 11.7 Å². The monoisotopic (exact) mass is 333 g/mol. The first kappa shape index (κ1) is 16.6. The fraction of sp³-hybridized carbons (Fsp3) is 0.471. The highest BCUT2D eigenvalue weighted by Crippen LogP contribution is 2.44. The SMILES string of the molecule is CO[C@@]12OCCC[C@@H]1C=C[C@@H]2COC(=O)c1ccc([N+](=O)[O-])cc1. The summed E-state index contributed by atoms with van der Waals surface area (Å²) in [6.07, 6.45) is 6.00. The predicted molar refractivity (Wildman–Crippen MR) is 84.4 cm³/mol. The summed E-state index contributed by atoms with van der Waals surface area (Å²) in [7, 11) is 1.61. The van der Waals surface area contributed by atoms with Crippen LogP contribution in [0, 0.1) is 22.0 Å². The van der Waals surface area contributed by atoms with Crippen molar-refractivity contribution in [3.8, 4) is 0 Å². The quantitative estimate of drug-likeness (QED) is 0.356. The maximum atomic E-state index is 12.1. The highest BCUT2D eigenvalue weighted by atomic mass is 16.7. The Morgan fingerprint density at radius 1 is 1.38 bits per heavy atom. The number of nitro benzene ring substituents is 1. The van der Waals surface area contributed by atoms with Gasteiger partial charge < -0.3 is 14.2 Å². The van der Waals surface area contributed by atoms with E-state index in [1.165, 1.54) is 24.3 Å². The lowest BCUT2D eigenvalue weighted by Gasteiger charge is -2.41. The van der Waals surface area contributed by atoms with Crippen LogP contribution in [0.2, 0.25) is 0 Å². The van der Waals surface area contributed by atoms with Crippen LogP contribution >= 0.6 is 0 Å². The third-order valence-electron chi connectivity index (χ3n) is 4.62. The van der Waals surface area contributed by atoms with Crippen LogP contribution in [0.15, 0.2) is 36.4 Å². The van der Waals surface area contributed by atoms with Crippen LogP contribution in [0.3, 0.4) is 0 Å². The molecule has 0 bridgehead atoms. The summed E-state index contributed by atoms with van der Waals surface area (Å²) < 4.78 is 16.9. The first-order valence-electron chi connectivity index (χ1n) is 7.86. The van der Waals surface area contributed by atoms with E-state index < -0.39 is 16.7 Å². The molecular weight excluding hydrogens is 314 g/mol. The van der Waals surface area contributed by atoms with E-state index in [0.29, 0.717) is 6.61 Å². The average molecular weight is 333 g/mol. The molecule has 1 heterocycles. The molecule has 7 heteroatoms. The molecule has 0 radical (unpaired) electrons. The predicted octanol–water partition coefficient (Wildman–Crippen LogP) is 2.71. The number of carbonyl (C=O) groups is 1. The lowest BCUT2D eigenvalue weighted by Crippen LogP contribution is -2.49. The van der Waals surface area contributed by atoms with Gasteiger partial charge in [-0.05, 0) is 25.0 Å². The van der Waals surface area contributed by atoms with Gasteiger partial charge in [0.15, 0.2) is 5.79 Å². The van der Waals surface area contributed by atoms with Crippen molar-refractivity contribution in [2.45, 2.75) is 18.6 Å². The molecule has 3 atom stereocenters. The van der Waals surface area contributed by atoms with Crippen molar-refractivity contribution < 1.29 is 23.9 Å². The standard InChI is InChI=1S/C17H19NO6/c1-22-17-13(3-2-10-24-17)6-7-14(17)11-23-16(19)12-4-8-15(9-5-12)18(20)21/h4-9,13-14H,2-3,10-11H2,1H3/t13-,14-,17-/m1/s1. The number of ether oxygens (including phenoxy) is 3. The number of hydrogen-bond donors (Lipinski definition) is 0. The molecule has 128 valence electrons. The number of benzene rings is 1. The summed E-state index contributed by atoms with van der Waals surface area (Å²) in [5.41, 5.74) is 0.206. The van der Waals surface area contributed by atoms with Crippen molar-refractivity contribution in [2.75, 3.05) is 20.3 Å². The molecule has 2 aliphatic rings. The van der Waals surface area contributed by atoms with Gasteiger partial charge in [0.25, 0.3) is 5.69 Å². The number of fused-ring (bicyclic) bond motifs is 1. The van der Waals surface area contributed by atoms with Gasteiger partial charge in [0.05, 0.1) is 23.0 Å². The third kappa shape index (κ3) is 2.92. The van der Waals surface area contributed by atoms with E-state index in [0.717, 1.165) is 12.8 Å². The first-order chi connectivity index (χ1) is 11.6. The van der Waals surface area contributed by atoms with Crippen LogP contribution in [-0.4, -0.2) is 37.0 Å². The molecule has 1 fully saturated rings. The zero-order chi connectivity index (χ0) is 17.2. The highest BCUT2D eigenvalue weighted by molar-refractivity contribution is 5.89. The minimum atomic E-state index is -0.756.